The Hall–Kier alpha value is -3.46. The average Bonchev–Trinajstić information content (AvgIpc) is 3.67. The van der Waals surface area contributed by atoms with Crippen molar-refractivity contribution in [2.45, 2.75) is 37.8 Å². The lowest BCUT2D eigenvalue weighted by molar-refractivity contribution is -0.0716. The Balaban J connectivity index is 1.18. The third-order valence-corrected chi connectivity index (χ3v) is 8.37. The van der Waals surface area contributed by atoms with Gasteiger partial charge in [0.15, 0.2) is 11.5 Å². The van der Waals surface area contributed by atoms with Gasteiger partial charge in [0.1, 0.15) is 11.9 Å². The minimum absolute atomic E-state index is 0.102. The van der Waals surface area contributed by atoms with Crippen molar-refractivity contribution in [3.63, 3.8) is 0 Å². The lowest BCUT2D eigenvalue weighted by Gasteiger charge is -2.42. The van der Waals surface area contributed by atoms with E-state index in [-0.39, 0.29) is 11.6 Å². The highest BCUT2D eigenvalue weighted by Crippen LogP contribution is 2.59. The molecule has 6 heterocycles. The summed E-state index contributed by atoms with van der Waals surface area (Å²) >= 11 is 0. The van der Waals surface area contributed by atoms with Crippen LogP contribution in [0.2, 0.25) is 0 Å². The Bertz CT molecular complexity index is 1470. The zero-order chi connectivity index (χ0) is 23.7. The molecule has 9 heteroatoms. The fourth-order valence-corrected chi connectivity index (χ4v) is 6.36. The molecule has 3 aromatic heterocycles. The molecule has 180 valence electrons. The van der Waals surface area contributed by atoms with Crippen LogP contribution in [0.15, 0.2) is 53.7 Å². The number of rotatable bonds is 5. The Labute approximate surface area is 203 Å². The highest BCUT2D eigenvalue weighted by atomic mass is 16.5. The molecule has 1 saturated carbocycles. The summed E-state index contributed by atoms with van der Waals surface area (Å²) in [7, 11) is 1.67. The highest BCUT2D eigenvalue weighted by Gasteiger charge is 2.64. The summed E-state index contributed by atoms with van der Waals surface area (Å²) in [6.45, 7) is 5.40. The molecule has 4 aromatic rings. The van der Waals surface area contributed by atoms with Crippen LogP contribution < -0.4 is 10.6 Å². The summed E-state index contributed by atoms with van der Waals surface area (Å²) in [6, 6.07) is 13.0. The van der Waals surface area contributed by atoms with E-state index in [0.717, 1.165) is 43.0 Å². The molecule has 0 spiro atoms. The SMILES string of the molecule is Cc1cc(N2CC[C@H](c3ccccc3)C2)cn2nc(C34CC(CO3)C4Cn3cnn(C)c3=O)nc12. The monoisotopic (exact) mass is 471 g/mol. The summed E-state index contributed by atoms with van der Waals surface area (Å²) in [4.78, 5) is 19.8. The second-order valence-electron chi connectivity index (χ2n) is 10.4. The fraction of sp³-hybridized carbons (Fsp3) is 0.462. The van der Waals surface area contributed by atoms with Crippen LogP contribution in [-0.4, -0.2) is 48.6 Å². The van der Waals surface area contributed by atoms with Gasteiger partial charge in [-0.25, -0.2) is 19.0 Å². The van der Waals surface area contributed by atoms with E-state index >= 15 is 0 Å². The number of hydrogen-bond donors (Lipinski definition) is 0. The second kappa shape index (κ2) is 7.52. The zero-order valence-corrected chi connectivity index (χ0v) is 20.0. The summed E-state index contributed by atoms with van der Waals surface area (Å²) < 4.78 is 11.3. The largest absolute Gasteiger partial charge is 0.370 e. The number of pyridine rings is 1. The lowest BCUT2D eigenvalue weighted by Crippen LogP contribution is -2.48. The number of aryl methyl sites for hydroxylation is 2. The molecule has 9 nitrogen and oxygen atoms in total. The summed E-state index contributed by atoms with van der Waals surface area (Å²) in [6.07, 6.45) is 5.77. The van der Waals surface area contributed by atoms with Crippen molar-refractivity contribution in [2.24, 2.45) is 18.9 Å². The highest BCUT2D eigenvalue weighted by molar-refractivity contribution is 5.58. The first kappa shape index (κ1) is 20.9. The molecule has 0 radical (unpaired) electrons. The summed E-state index contributed by atoms with van der Waals surface area (Å²) in [5.41, 5.74) is 3.94. The predicted molar refractivity (Wildman–Crippen MR) is 130 cm³/mol. The topological polar surface area (TPSA) is 82.5 Å². The Morgan fingerprint density at radius 2 is 2.09 bits per heavy atom. The molecular formula is C26H29N7O2. The van der Waals surface area contributed by atoms with Crippen LogP contribution in [0, 0.1) is 18.8 Å². The van der Waals surface area contributed by atoms with Crippen LogP contribution in [0.4, 0.5) is 5.69 Å². The molecule has 3 aliphatic heterocycles. The van der Waals surface area contributed by atoms with E-state index in [0.29, 0.717) is 25.0 Å². The van der Waals surface area contributed by atoms with E-state index in [9.17, 15) is 4.79 Å². The third kappa shape index (κ3) is 3.10. The standard InChI is InChI=1S/C26H29N7O2/c1-17-10-21(31-9-8-19(12-31)18-6-4-3-5-7-18)13-33-23(17)28-24(29-33)26-11-20(15-35-26)22(26)14-32-16-27-30(2)25(32)34/h3-7,10,13,16,19-20,22H,8-9,11-12,14-15H2,1-2H3/t19-,20?,22?,26?/m0/s1. The minimum atomic E-state index is -0.523. The number of fused-ring (bicyclic) bond motifs is 2. The van der Waals surface area contributed by atoms with E-state index < -0.39 is 5.60 Å². The van der Waals surface area contributed by atoms with Gasteiger partial charge >= 0.3 is 5.69 Å². The Kier molecular flexibility index (Phi) is 4.48. The first-order valence-corrected chi connectivity index (χ1v) is 12.4. The van der Waals surface area contributed by atoms with Crippen LogP contribution in [-0.2, 0) is 23.9 Å². The van der Waals surface area contributed by atoms with E-state index in [2.05, 4.69) is 59.5 Å². The van der Waals surface area contributed by atoms with Crippen molar-refractivity contribution in [3.8, 4) is 0 Å². The smallest absolute Gasteiger partial charge is 0.345 e. The first-order valence-electron chi connectivity index (χ1n) is 12.4. The van der Waals surface area contributed by atoms with Crippen LogP contribution in [0.3, 0.4) is 0 Å². The quantitative estimate of drug-likeness (QED) is 0.445. The number of ether oxygens (including phenoxy) is 1. The summed E-state index contributed by atoms with van der Waals surface area (Å²) in [5, 5.41) is 9.04. The van der Waals surface area contributed by atoms with Gasteiger partial charge in [-0.1, -0.05) is 30.3 Å². The number of benzene rings is 1. The van der Waals surface area contributed by atoms with Crippen molar-refractivity contribution in [3.05, 3.63) is 76.4 Å². The lowest BCUT2D eigenvalue weighted by atomic mass is 9.63. The molecule has 3 saturated heterocycles. The molecule has 4 atom stereocenters. The van der Waals surface area contributed by atoms with Gasteiger partial charge in [-0.05, 0) is 42.9 Å². The van der Waals surface area contributed by atoms with Crippen LogP contribution >= 0.6 is 0 Å². The van der Waals surface area contributed by atoms with E-state index in [4.69, 9.17) is 14.8 Å². The first-order chi connectivity index (χ1) is 17.0. The molecular weight excluding hydrogens is 442 g/mol. The van der Waals surface area contributed by atoms with Gasteiger partial charge in [-0.2, -0.15) is 5.10 Å². The average molecular weight is 472 g/mol. The third-order valence-electron chi connectivity index (χ3n) is 8.37. The van der Waals surface area contributed by atoms with E-state index in [1.54, 1.807) is 17.9 Å². The zero-order valence-electron chi connectivity index (χ0n) is 20.0. The maximum Gasteiger partial charge on any atom is 0.345 e. The molecule has 2 bridgehead atoms. The second-order valence-corrected chi connectivity index (χ2v) is 10.4. The maximum atomic E-state index is 12.4. The fourth-order valence-electron chi connectivity index (χ4n) is 6.36. The molecule has 3 unspecified atom stereocenters. The van der Waals surface area contributed by atoms with Crippen molar-refractivity contribution in [2.75, 3.05) is 24.6 Å². The molecule has 35 heavy (non-hydrogen) atoms. The van der Waals surface area contributed by atoms with E-state index in [1.807, 2.05) is 4.52 Å². The molecule has 0 amide bonds. The molecule has 4 fully saturated rings. The van der Waals surface area contributed by atoms with Crippen molar-refractivity contribution < 1.29 is 4.74 Å². The van der Waals surface area contributed by atoms with Gasteiger partial charge in [0, 0.05) is 38.5 Å². The van der Waals surface area contributed by atoms with Gasteiger partial charge in [0.25, 0.3) is 0 Å². The normalized spacial score (nSPS) is 27.6. The minimum Gasteiger partial charge on any atom is -0.370 e. The maximum absolute atomic E-state index is 12.4. The van der Waals surface area contributed by atoms with Crippen molar-refractivity contribution >= 4 is 11.3 Å². The Morgan fingerprint density at radius 3 is 2.86 bits per heavy atom. The number of aromatic nitrogens is 6. The molecule has 1 aromatic carbocycles. The van der Waals surface area contributed by atoms with Gasteiger partial charge < -0.3 is 9.64 Å². The van der Waals surface area contributed by atoms with Crippen LogP contribution in [0.1, 0.15) is 35.7 Å². The van der Waals surface area contributed by atoms with Crippen molar-refractivity contribution in [1.29, 1.82) is 0 Å². The molecule has 8 rings (SSSR count). The van der Waals surface area contributed by atoms with Crippen LogP contribution in [0.25, 0.3) is 5.65 Å². The molecule has 4 aliphatic rings. The molecule has 1 aliphatic carbocycles. The van der Waals surface area contributed by atoms with Gasteiger partial charge in [0.05, 0.1) is 18.5 Å². The Morgan fingerprint density at radius 1 is 1.23 bits per heavy atom. The van der Waals surface area contributed by atoms with Crippen LogP contribution in [0.5, 0.6) is 0 Å². The summed E-state index contributed by atoms with van der Waals surface area (Å²) in [5.74, 6) is 1.88. The number of nitrogens with zero attached hydrogens (tertiary/aromatic N) is 7. The number of hydrogen-bond acceptors (Lipinski definition) is 6. The number of anilines is 1. The molecule has 0 N–H and O–H groups in total. The van der Waals surface area contributed by atoms with Gasteiger partial charge in [-0.15, -0.1) is 5.10 Å². The van der Waals surface area contributed by atoms with Gasteiger partial charge in [0.2, 0.25) is 0 Å². The van der Waals surface area contributed by atoms with E-state index in [1.165, 1.54) is 15.9 Å². The van der Waals surface area contributed by atoms with Crippen molar-refractivity contribution in [1.82, 2.24) is 28.9 Å². The van der Waals surface area contributed by atoms with Gasteiger partial charge in [-0.3, -0.25) is 4.57 Å². The predicted octanol–water partition coefficient (Wildman–Crippen LogP) is 2.49.